The zero-order chi connectivity index (χ0) is 15.3. The first-order valence-electron chi connectivity index (χ1n) is 7.04. The standard InChI is InChI=1S/C17H11F2N3/c18-12-3-4-17(21-8-12)22-9-11(7-20)14-5-15(19)13(6-16(14)22)10-1-2-10/h3-6,8-10H,1-2H2. The van der Waals surface area contributed by atoms with E-state index in [2.05, 4.69) is 11.1 Å². The number of hydrogen-bond donors (Lipinski definition) is 0. The number of halogens is 2. The predicted octanol–water partition coefficient (Wildman–Crippen LogP) is 4.05. The van der Waals surface area contributed by atoms with Crippen LogP contribution in [0.15, 0.2) is 36.7 Å². The van der Waals surface area contributed by atoms with Crippen molar-refractivity contribution in [2.45, 2.75) is 18.8 Å². The molecule has 1 saturated carbocycles. The lowest BCUT2D eigenvalue weighted by Gasteiger charge is -2.06. The lowest BCUT2D eigenvalue weighted by Crippen LogP contribution is -1.97. The van der Waals surface area contributed by atoms with Crippen LogP contribution in [0.2, 0.25) is 0 Å². The molecule has 1 fully saturated rings. The summed E-state index contributed by atoms with van der Waals surface area (Å²) in [5.41, 5.74) is 1.78. The number of nitrogens with zero attached hydrogens (tertiary/aromatic N) is 3. The molecule has 1 aliphatic rings. The number of rotatable bonds is 2. The topological polar surface area (TPSA) is 41.6 Å². The zero-order valence-corrected chi connectivity index (χ0v) is 11.6. The summed E-state index contributed by atoms with van der Waals surface area (Å²) in [5, 5.41) is 9.81. The van der Waals surface area contributed by atoms with E-state index >= 15 is 0 Å². The third-order valence-corrected chi connectivity index (χ3v) is 4.02. The maximum absolute atomic E-state index is 14.2. The van der Waals surface area contributed by atoms with Crippen LogP contribution in [0.5, 0.6) is 0 Å². The average Bonchev–Trinajstić information content (AvgIpc) is 3.30. The first kappa shape index (κ1) is 13.0. The molecular formula is C17H11F2N3. The SMILES string of the molecule is N#Cc1cn(-c2ccc(F)cn2)c2cc(C3CC3)c(F)cc12. The molecule has 0 radical (unpaired) electrons. The minimum absolute atomic E-state index is 0.263. The van der Waals surface area contributed by atoms with Crippen LogP contribution in [0.1, 0.15) is 29.9 Å². The van der Waals surface area contributed by atoms with Crippen LogP contribution in [0.25, 0.3) is 16.7 Å². The minimum Gasteiger partial charge on any atom is -0.300 e. The number of fused-ring (bicyclic) bond motifs is 1. The summed E-state index contributed by atoms with van der Waals surface area (Å²) in [6, 6.07) is 8.13. The van der Waals surface area contributed by atoms with E-state index in [0.29, 0.717) is 22.3 Å². The van der Waals surface area contributed by atoms with Crippen LogP contribution >= 0.6 is 0 Å². The molecule has 3 nitrogen and oxygen atoms in total. The van der Waals surface area contributed by atoms with Gasteiger partial charge in [-0.15, -0.1) is 0 Å². The van der Waals surface area contributed by atoms with Gasteiger partial charge in [0.05, 0.1) is 17.3 Å². The van der Waals surface area contributed by atoms with E-state index in [-0.39, 0.29) is 11.7 Å². The third-order valence-electron chi connectivity index (χ3n) is 4.02. The maximum Gasteiger partial charge on any atom is 0.141 e. The highest BCUT2D eigenvalue weighted by Crippen LogP contribution is 2.43. The van der Waals surface area contributed by atoms with Crippen LogP contribution in [-0.2, 0) is 0 Å². The molecule has 0 bridgehead atoms. The quantitative estimate of drug-likeness (QED) is 0.715. The fourth-order valence-corrected chi connectivity index (χ4v) is 2.76. The fraction of sp³-hybridized carbons (Fsp3) is 0.176. The Kier molecular flexibility index (Phi) is 2.73. The first-order valence-corrected chi connectivity index (χ1v) is 7.04. The predicted molar refractivity (Wildman–Crippen MR) is 77.7 cm³/mol. The van der Waals surface area contributed by atoms with Crippen LogP contribution in [0.3, 0.4) is 0 Å². The molecule has 4 rings (SSSR count). The van der Waals surface area contributed by atoms with E-state index in [4.69, 9.17) is 0 Å². The van der Waals surface area contributed by atoms with E-state index < -0.39 is 5.82 Å². The number of benzene rings is 1. The highest BCUT2D eigenvalue weighted by Gasteiger charge is 2.28. The summed E-state index contributed by atoms with van der Waals surface area (Å²) in [6.07, 6.45) is 4.71. The van der Waals surface area contributed by atoms with Gasteiger partial charge in [0.15, 0.2) is 0 Å². The van der Waals surface area contributed by atoms with Crippen LogP contribution in [0.4, 0.5) is 8.78 Å². The van der Waals surface area contributed by atoms with Gasteiger partial charge in [0.2, 0.25) is 0 Å². The van der Waals surface area contributed by atoms with Crippen molar-refractivity contribution in [3.63, 3.8) is 0 Å². The molecule has 5 heteroatoms. The van der Waals surface area contributed by atoms with Gasteiger partial charge in [-0.25, -0.2) is 13.8 Å². The molecular weight excluding hydrogens is 284 g/mol. The van der Waals surface area contributed by atoms with Crippen LogP contribution < -0.4 is 0 Å². The number of pyridine rings is 1. The Morgan fingerprint density at radius 1 is 1.23 bits per heavy atom. The molecule has 3 aromatic rings. The largest absolute Gasteiger partial charge is 0.300 e. The molecule has 2 aromatic heterocycles. The monoisotopic (exact) mass is 295 g/mol. The van der Waals surface area contributed by atoms with Gasteiger partial charge >= 0.3 is 0 Å². The Morgan fingerprint density at radius 2 is 2.05 bits per heavy atom. The summed E-state index contributed by atoms with van der Waals surface area (Å²) in [7, 11) is 0. The highest BCUT2D eigenvalue weighted by atomic mass is 19.1. The second-order valence-corrected chi connectivity index (χ2v) is 5.52. The molecule has 0 amide bonds. The summed E-state index contributed by atoms with van der Waals surface area (Å²) in [6.45, 7) is 0. The van der Waals surface area contributed by atoms with Crippen molar-refractivity contribution in [1.82, 2.24) is 9.55 Å². The van der Waals surface area contributed by atoms with Crippen molar-refractivity contribution < 1.29 is 8.78 Å². The minimum atomic E-state index is -0.426. The molecule has 0 N–H and O–H groups in total. The zero-order valence-electron chi connectivity index (χ0n) is 11.6. The summed E-state index contributed by atoms with van der Waals surface area (Å²) >= 11 is 0. The van der Waals surface area contributed by atoms with Crippen molar-refractivity contribution in [3.8, 4) is 11.9 Å². The Morgan fingerprint density at radius 3 is 2.68 bits per heavy atom. The van der Waals surface area contributed by atoms with E-state index in [0.717, 1.165) is 24.6 Å². The van der Waals surface area contributed by atoms with E-state index in [1.54, 1.807) is 16.8 Å². The van der Waals surface area contributed by atoms with Gasteiger partial charge in [0.1, 0.15) is 23.5 Å². The molecule has 0 atom stereocenters. The van der Waals surface area contributed by atoms with Crippen LogP contribution in [0, 0.1) is 23.0 Å². The molecule has 108 valence electrons. The van der Waals surface area contributed by atoms with Crippen molar-refractivity contribution >= 4 is 10.9 Å². The fourth-order valence-electron chi connectivity index (χ4n) is 2.76. The van der Waals surface area contributed by atoms with Gasteiger partial charge in [0.25, 0.3) is 0 Å². The van der Waals surface area contributed by atoms with Gasteiger partial charge in [-0.2, -0.15) is 5.26 Å². The van der Waals surface area contributed by atoms with Gasteiger partial charge in [-0.3, -0.25) is 4.57 Å². The molecule has 0 spiro atoms. The summed E-state index contributed by atoms with van der Waals surface area (Å²) in [5.74, 6) is 0.0717. The third kappa shape index (κ3) is 1.96. The Balaban J connectivity index is 1.99. The van der Waals surface area contributed by atoms with E-state index in [1.807, 2.05) is 0 Å². The number of nitriles is 1. The van der Waals surface area contributed by atoms with Crippen molar-refractivity contribution in [2.24, 2.45) is 0 Å². The van der Waals surface area contributed by atoms with Gasteiger partial charge < -0.3 is 0 Å². The van der Waals surface area contributed by atoms with E-state index in [9.17, 15) is 14.0 Å². The lowest BCUT2D eigenvalue weighted by atomic mass is 10.1. The molecule has 2 heterocycles. The van der Waals surface area contributed by atoms with Gasteiger partial charge in [0, 0.05) is 11.6 Å². The molecule has 1 aliphatic carbocycles. The van der Waals surface area contributed by atoms with Crippen molar-refractivity contribution in [1.29, 1.82) is 5.26 Å². The Bertz CT molecular complexity index is 916. The Hall–Kier alpha value is -2.74. The molecule has 0 aliphatic heterocycles. The van der Waals surface area contributed by atoms with E-state index in [1.165, 1.54) is 18.2 Å². The molecule has 22 heavy (non-hydrogen) atoms. The van der Waals surface area contributed by atoms with Gasteiger partial charge in [-0.1, -0.05) is 0 Å². The molecule has 0 saturated heterocycles. The summed E-state index contributed by atoms with van der Waals surface area (Å²) < 4.78 is 29.0. The second-order valence-electron chi connectivity index (χ2n) is 5.52. The second kappa shape index (κ2) is 4.63. The highest BCUT2D eigenvalue weighted by molar-refractivity contribution is 5.88. The maximum atomic E-state index is 14.2. The molecule has 0 unspecified atom stereocenters. The summed E-state index contributed by atoms with van der Waals surface area (Å²) in [4.78, 5) is 4.04. The average molecular weight is 295 g/mol. The van der Waals surface area contributed by atoms with Crippen molar-refractivity contribution in [3.05, 3.63) is 59.4 Å². The smallest absolute Gasteiger partial charge is 0.141 e. The first-order chi connectivity index (χ1) is 10.7. The van der Waals surface area contributed by atoms with Gasteiger partial charge in [-0.05, 0) is 48.6 Å². The van der Waals surface area contributed by atoms with Crippen molar-refractivity contribution in [2.75, 3.05) is 0 Å². The van der Waals surface area contributed by atoms with Crippen LogP contribution in [-0.4, -0.2) is 9.55 Å². The Labute approximate surface area is 125 Å². The number of aromatic nitrogens is 2. The normalized spacial score (nSPS) is 14.2. The number of hydrogen-bond acceptors (Lipinski definition) is 2. The lowest BCUT2D eigenvalue weighted by molar-refractivity contribution is 0.613. The molecule has 1 aromatic carbocycles.